The van der Waals surface area contributed by atoms with Crippen LogP contribution in [0.4, 0.5) is 0 Å². The molecule has 0 unspecified atom stereocenters. The first-order chi connectivity index (χ1) is 6.20. The summed E-state index contributed by atoms with van der Waals surface area (Å²) in [5, 5.41) is 0.309. The van der Waals surface area contributed by atoms with Crippen molar-refractivity contribution in [3.05, 3.63) is 0 Å². The van der Waals surface area contributed by atoms with E-state index in [9.17, 15) is 0 Å². The summed E-state index contributed by atoms with van der Waals surface area (Å²) in [4.78, 5) is 0. The molecule has 0 bridgehead atoms. The van der Waals surface area contributed by atoms with Crippen molar-refractivity contribution in [1.82, 2.24) is 0 Å². The normalized spacial score (nSPS) is 15.6. The Bertz CT molecular complexity index is 163. The topological polar surface area (TPSA) is 9.23 Å². The summed E-state index contributed by atoms with van der Waals surface area (Å²) in [6.45, 7) is 13.6. The predicted molar refractivity (Wildman–Crippen MR) is 67.5 cm³/mol. The van der Waals surface area contributed by atoms with Crippen LogP contribution in [0.2, 0.25) is 24.5 Å². The molecular weight excluding hydrogens is 187 g/mol. The van der Waals surface area contributed by atoms with Crippen LogP contribution in [0.1, 0.15) is 40.5 Å². The van der Waals surface area contributed by atoms with E-state index in [1.54, 1.807) is 0 Å². The van der Waals surface area contributed by atoms with Crippen LogP contribution in [-0.2, 0) is 4.43 Å². The lowest BCUT2D eigenvalue weighted by Gasteiger charge is -2.38. The van der Waals surface area contributed by atoms with E-state index in [1.807, 2.05) is 0 Å². The van der Waals surface area contributed by atoms with E-state index in [1.165, 1.54) is 0 Å². The molecule has 3 heteroatoms. The van der Waals surface area contributed by atoms with Crippen molar-refractivity contribution < 1.29 is 4.43 Å². The Labute approximate surface area is 92.2 Å². The Morgan fingerprint density at radius 3 is 2.14 bits per heavy atom. The summed E-state index contributed by atoms with van der Waals surface area (Å²) < 4.78 is 6.19. The van der Waals surface area contributed by atoms with Crippen LogP contribution in [0.15, 0.2) is 0 Å². The van der Waals surface area contributed by atoms with Crippen molar-refractivity contribution in [2.45, 2.75) is 71.1 Å². The van der Waals surface area contributed by atoms with Gasteiger partial charge in [0.25, 0.3) is 0 Å². The summed E-state index contributed by atoms with van der Waals surface area (Å²) >= 11 is 0. The molecule has 0 aromatic carbocycles. The average molecular weight is 212 g/mol. The van der Waals surface area contributed by atoms with Gasteiger partial charge in [-0.15, -0.1) is 0 Å². The zero-order valence-electron chi connectivity index (χ0n) is 10.7. The lowest BCUT2D eigenvalue weighted by Crippen LogP contribution is -2.43. The van der Waals surface area contributed by atoms with Crippen LogP contribution in [0, 0.1) is 0 Å². The molecule has 0 saturated carbocycles. The smallest absolute Gasteiger partial charge is 0.192 e. The third kappa shape index (κ3) is 4.65. The molecule has 0 N–H and O–H groups in total. The highest BCUT2D eigenvalue weighted by Crippen LogP contribution is 2.37. The van der Waals surface area contributed by atoms with Crippen LogP contribution in [0.3, 0.4) is 0 Å². The minimum Gasteiger partial charge on any atom is -0.414 e. The minimum absolute atomic E-state index is 0.309. The second-order valence-electron chi connectivity index (χ2n) is 5.62. The van der Waals surface area contributed by atoms with Gasteiger partial charge in [0.2, 0.25) is 0 Å². The van der Waals surface area contributed by atoms with Crippen LogP contribution < -0.4 is 0 Å². The summed E-state index contributed by atoms with van der Waals surface area (Å²) in [6, 6.07) is 0. The first-order valence-electron chi connectivity index (χ1n) is 5.58. The Morgan fingerprint density at radius 1 is 1.29 bits per heavy atom. The molecule has 0 aliphatic carbocycles. The number of hydrogen-bond donors (Lipinski definition) is 0. The van der Waals surface area contributed by atoms with Gasteiger partial charge in [-0.2, -0.15) is 0 Å². The van der Waals surface area contributed by atoms with Gasteiger partial charge in [0, 0.05) is 6.10 Å². The van der Waals surface area contributed by atoms with Crippen molar-refractivity contribution in [2.24, 2.45) is 0 Å². The standard InChI is InChI=1S/C11H25BOSi/c1-10(8-7-9-12)13-14(5,6)11(2,3)4/h10H,7-9H2,1-6H3/t10-/m1/s1. The molecule has 1 atom stereocenters. The molecule has 2 radical (unpaired) electrons. The first kappa shape index (κ1) is 14.2. The monoisotopic (exact) mass is 212 g/mol. The van der Waals surface area contributed by atoms with E-state index in [4.69, 9.17) is 12.3 Å². The van der Waals surface area contributed by atoms with Crippen molar-refractivity contribution >= 4 is 16.2 Å². The molecule has 82 valence electrons. The maximum atomic E-state index is 6.19. The molecule has 0 aliphatic rings. The Kier molecular flexibility index (Phi) is 5.45. The van der Waals surface area contributed by atoms with Gasteiger partial charge in [0.05, 0.1) is 7.85 Å². The molecule has 0 spiro atoms. The summed E-state index contributed by atoms with van der Waals surface area (Å²) in [5.41, 5.74) is 0. The highest BCUT2D eigenvalue weighted by Gasteiger charge is 2.38. The maximum Gasteiger partial charge on any atom is 0.192 e. The van der Waals surface area contributed by atoms with Gasteiger partial charge in [-0.1, -0.05) is 33.5 Å². The molecule has 0 aromatic rings. The van der Waals surface area contributed by atoms with Crippen LogP contribution >= 0.6 is 0 Å². The molecule has 0 saturated heterocycles. The summed E-state index contributed by atoms with van der Waals surface area (Å²) in [5.74, 6) is 0. The maximum absolute atomic E-state index is 6.19. The van der Waals surface area contributed by atoms with Crippen molar-refractivity contribution in [2.75, 3.05) is 0 Å². The highest BCUT2D eigenvalue weighted by atomic mass is 28.4. The van der Waals surface area contributed by atoms with Crippen molar-refractivity contribution in [3.8, 4) is 0 Å². The second-order valence-corrected chi connectivity index (χ2v) is 10.4. The molecule has 14 heavy (non-hydrogen) atoms. The highest BCUT2D eigenvalue weighted by molar-refractivity contribution is 6.74. The molecule has 1 nitrogen and oxygen atoms in total. The second kappa shape index (κ2) is 5.36. The molecule has 0 rings (SSSR count). The van der Waals surface area contributed by atoms with E-state index in [0.717, 1.165) is 19.2 Å². The molecular formula is C11H25BOSi. The quantitative estimate of drug-likeness (QED) is 0.630. The Hall–Kier alpha value is 0.242. The molecule has 0 amide bonds. The zero-order chi connectivity index (χ0) is 11.4. The fraction of sp³-hybridized carbons (Fsp3) is 1.00. The third-order valence-electron chi connectivity index (χ3n) is 3.12. The number of rotatable bonds is 5. The lowest BCUT2D eigenvalue weighted by molar-refractivity contribution is 0.188. The molecule has 0 fully saturated rings. The SMILES string of the molecule is [B]CCC[C@@H](C)O[Si](C)(C)C(C)(C)C. The van der Waals surface area contributed by atoms with Gasteiger partial charge in [-0.25, -0.2) is 0 Å². The summed E-state index contributed by atoms with van der Waals surface area (Å²) in [7, 11) is 3.92. The average Bonchev–Trinajstić information content (AvgIpc) is 1.97. The molecule has 0 heterocycles. The Morgan fingerprint density at radius 2 is 1.79 bits per heavy atom. The van der Waals surface area contributed by atoms with E-state index in [-0.39, 0.29) is 0 Å². The Balaban J connectivity index is 4.08. The van der Waals surface area contributed by atoms with Crippen LogP contribution in [0.25, 0.3) is 0 Å². The van der Waals surface area contributed by atoms with Gasteiger partial charge in [-0.3, -0.25) is 0 Å². The third-order valence-corrected chi connectivity index (χ3v) is 7.72. The molecule has 0 aromatic heterocycles. The van der Waals surface area contributed by atoms with E-state index in [0.29, 0.717) is 11.1 Å². The molecule has 0 aliphatic heterocycles. The van der Waals surface area contributed by atoms with Crippen LogP contribution in [-0.4, -0.2) is 22.3 Å². The minimum atomic E-state index is -1.56. The van der Waals surface area contributed by atoms with Gasteiger partial charge >= 0.3 is 0 Å². The lowest BCUT2D eigenvalue weighted by atomic mass is 9.99. The zero-order valence-corrected chi connectivity index (χ0v) is 11.7. The van der Waals surface area contributed by atoms with Gasteiger partial charge in [0.15, 0.2) is 8.32 Å². The van der Waals surface area contributed by atoms with Crippen molar-refractivity contribution in [3.63, 3.8) is 0 Å². The predicted octanol–water partition coefficient (Wildman–Crippen LogP) is 3.76. The summed E-state index contributed by atoms with van der Waals surface area (Å²) in [6.07, 6.45) is 3.28. The largest absolute Gasteiger partial charge is 0.414 e. The van der Waals surface area contributed by atoms with Gasteiger partial charge in [-0.05, 0) is 31.5 Å². The van der Waals surface area contributed by atoms with E-state index >= 15 is 0 Å². The van der Waals surface area contributed by atoms with Crippen molar-refractivity contribution in [1.29, 1.82) is 0 Å². The van der Waals surface area contributed by atoms with Crippen LogP contribution in [0.5, 0.6) is 0 Å². The first-order valence-corrected chi connectivity index (χ1v) is 8.49. The van der Waals surface area contributed by atoms with Gasteiger partial charge < -0.3 is 4.43 Å². The fourth-order valence-corrected chi connectivity index (χ4v) is 2.62. The fourth-order valence-electron chi connectivity index (χ4n) is 1.14. The number of hydrogen-bond acceptors (Lipinski definition) is 1. The van der Waals surface area contributed by atoms with Gasteiger partial charge in [0.1, 0.15) is 0 Å². The van der Waals surface area contributed by atoms with E-state index < -0.39 is 8.32 Å². The van der Waals surface area contributed by atoms with E-state index in [2.05, 4.69) is 40.8 Å².